The fourth-order valence-corrected chi connectivity index (χ4v) is 2.90. The molecule has 0 saturated heterocycles. The van der Waals surface area contributed by atoms with E-state index in [9.17, 15) is 5.11 Å². The van der Waals surface area contributed by atoms with Gasteiger partial charge in [0.25, 0.3) is 0 Å². The van der Waals surface area contributed by atoms with Gasteiger partial charge in [-0.2, -0.15) is 5.10 Å². The van der Waals surface area contributed by atoms with Crippen LogP contribution in [0.3, 0.4) is 0 Å². The fraction of sp³-hybridized carbons (Fsp3) is 0.188. The summed E-state index contributed by atoms with van der Waals surface area (Å²) in [6.07, 6.45) is -0.354. The highest BCUT2D eigenvalue weighted by Crippen LogP contribution is 2.31. The van der Waals surface area contributed by atoms with E-state index in [2.05, 4.69) is 5.10 Å². The first kappa shape index (κ1) is 14.4. The molecule has 0 radical (unpaired) electrons. The zero-order valence-electron chi connectivity index (χ0n) is 11.4. The largest absolute Gasteiger partial charge is 0.386 e. The molecule has 3 aromatic rings. The smallest absolute Gasteiger partial charge is 0.102 e. The third-order valence-corrected chi connectivity index (χ3v) is 4.40. The lowest BCUT2D eigenvalue weighted by Gasteiger charge is -2.11. The molecule has 1 unspecified atom stereocenters. The average molecular weight is 321 g/mol. The van der Waals surface area contributed by atoms with Crippen molar-refractivity contribution >= 4 is 34.1 Å². The third-order valence-electron chi connectivity index (χ3n) is 3.55. The minimum atomic E-state index is -0.730. The summed E-state index contributed by atoms with van der Waals surface area (Å²) in [5, 5.41) is 16.9. The quantitative estimate of drug-likeness (QED) is 0.787. The van der Waals surface area contributed by atoms with Crippen molar-refractivity contribution in [3.63, 3.8) is 0 Å². The number of aromatic nitrogens is 2. The molecule has 3 nitrogen and oxygen atoms in total. The van der Waals surface area contributed by atoms with Crippen LogP contribution in [0.2, 0.25) is 10.0 Å². The number of aliphatic hydroxyl groups is 1. The van der Waals surface area contributed by atoms with E-state index >= 15 is 0 Å². The Balaban J connectivity index is 1.98. The minimum absolute atomic E-state index is 0.375. The molecule has 0 fully saturated rings. The number of rotatable bonds is 3. The molecular formula is C16H14Cl2N2O. The number of aryl methyl sites for hydroxylation is 1. The maximum absolute atomic E-state index is 10.5. The first-order chi connectivity index (χ1) is 10.1. The van der Waals surface area contributed by atoms with E-state index in [-0.39, 0.29) is 0 Å². The van der Waals surface area contributed by atoms with Crippen molar-refractivity contribution in [2.24, 2.45) is 7.05 Å². The molecule has 0 aliphatic rings. The van der Waals surface area contributed by atoms with E-state index < -0.39 is 6.10 Å². The first-order valence-electron chi connectivity index (χ1n) is 6.60. The molecular weight excluding hydrogens is 307 g/mol. The van der Waals surface area contributed by atoms with Crippen LogP contribution < -0.4 is 0 Å². The molecule has 0 spiro atoms. The van der Waals surface area contributed by atoms with Gasteiger partial charge in [0.05, 0.1) is 21.3 Å². The minimum Gasteiger partial charge on any atom is -0.386 e. The number of hydrogen-bond donors (Lipinski definition) is 1. The second-order valence-electron chi connectivity index (χ2n) is 4.96. The maximum atomic E-state index is 10.5. The summed E-state index contributed by atoms with van der Waals surface area (Å²) in [5.74, 6) is 0. The summed E-state index contributed by atoms with van der Waals surface area (Å²) in [5.41, 5.74) is 2.46. The lowest BCUT2D eigenvalue weighted by atomic mass is 10.0. The van der Waals surface area contributed by atoms with Crippen LogP contribution in [0, 0.1) is 0 Å². The molecule has 1 heterocycles. The van der Waals surface area contributed by atoms with Crippen molar-refractivity contribution in [3.05, 3.63) is 63.8 Å². The van der Waals surface area contributed by atoms with E-state index in [1.165, 1.54) is 0 Å². The molecule has 108 valence electrons. The zero-order chi connectivity index (χ0) is 15.0. The Kier molecular flexibility index (Phi) is 3.89. The van der Waals surface area contributed by atoms with Crippen molar-refractivity contribution in [2.75, 3.05) is 0 Å². The van der Waals surface area contributed by atoms with Crippen LogP contribution in [0.15, 0.2) is 42.5 Å². The molecule has 1 aromatic heterocycles. The molecule has 1 atom stereocenters. The Morgan fingerprint density at radius 1 is 1.14 bits per heavy atom. The van der Waals surface area contributed by atoms with E-state index in [0.717, 1.165) is 16.5 Å². The Bertz CT molecular complexity index is 798. The van der Waals surface area contributed by atoms with Crippen molar-refractivity contribution in [2.45, 2.75) is 12.5 Å². The Morgan fingerprint density at radius 3 is 2.71 bits per heavy atom. The van der Waals surface area contributed by atoms with E-state index in [1.54, 1.807) is 10.7 Å². The van der Waals surface area contributed by atoms with Crippen molar-refractivity contribution in [3.8, 4) is 0 Å². The monoisotopic (exact) mass is 320 g/mol. The zero-order valence-corrected chi connectivity index (χ0v) is 12.9. The fourth-order valence-electron chi connectivity index (χ4n) is 2.50. The molecule has 0 bridgehead atoms. The molecule has 0 saturated carbocycles. The van der Waals surface area contributed by atoms with Gasteiger partial charge < -0.3 is 5.11 Å². The van der Waals surface area contributed by atoms with Crippen LogP contribution in [-0.4, -0.2) is 14.9 Å². The molecule has 0 aliphatic carbocycles. The van der Waals surface area contributed by atoms with Crippen LogP contribution >= 0.6 is 23.2 Å². The van der Waals surface area contributed by atoms with Crippen molar-refractivity contribution in [1.82, 2.24) is 9.78 Å². The molecule has 0 amide bonds. The van der Waals surface area contributed by atoms with Gasteiger partial charge in [-0.1, -0.05) is 53.5 Å². The summed E-state index contributed by atoms with van der Waals surface area (Å²) in [6.45, 7) is 0. The van der Waals surface area contributed by atoms with E-state index in [1.807, 2.05) is 43.4 Å². The van der Waals surface area contributed by atoms with Gasteiger partial charge in [-0.15, -0.1) is 0 Å². The predicted octanol–water partition coefficient (Wildman–Crippen LogP) is 4.16. The highest BCUT2D eigenvalue weighted by atomic mass is 35.5. The SMILES string of the molecule is Cn1nc(C(O)Cc2cccc(Cl)c2Cl)c2ccccc21. The third kappa shape index (κ3) is 2.64. The number of nitrogens with zero attached hydrogens (tertiary/aromatic N) is 2. The predicted molar refractivity (Wildman–Crippen MR) is 85.8 cm³/mol. The summed E-state index contributed by atoms with van der Waals surface area (Å²) in [7, 11) is 1.87. The molecule has 1 N–H and O–H groups in total. The number of hydrogen-bond acceptors (Lipinski definition) is 2. The Labute approximate surface area is 132 Å². The standard InChI is InChI=1S/C16H14Cl2N2O/c1-20-13-8-3-2-6-11(13)16(19-20)14(21)9-10-5-4-7-12(17)15(10)18/h2-8,14,21H,9H2,1H3. The van der Waals surface area contributed by atoms with Gasteiger partial charge >= 0.3 is 0 Å². The van der Waals surface area contributed by atoms with E-state index in [0.29, 0.717) is 22.2 Å². The normalized spacial score (nSPS) is 12.8. The maximum Gasteiger partial charge on any atom is 0.102 e. The number of halogens is 2. The first-order valence-corrected chi connectivity index (χ1v) is 7.36. The van der Waals surface area contributed by atoms with Crippen LogP contribution in [0.1, 0.15) is 17.4 Å². The summed E-state index contributed by atoms with van der Waals surface area (Å²) < 4.78 is 1.77. The topological polar surface area (TPSA) is 38.0 Å². The van der Waals surface area contributed by atoms with Crippen LogP contribution in [0.5, 0.6) is 0 Å². The van der Waals surface area contributed by atoms with Crippen molar-refractivity contribution < 1.29 is 5.11 Å². The number of para-hydroxylation sites is 1. The lowest BCUT2D eigenvalue weighted by Crippen LogP contribution is -2.04. The van der Waals surface area contributed by atoms with Gasteiger partial charge in [0.15, 0.2) is 0 Å². The summed E-state index contributed by atoms with van der Waals surface area (Å²) in [4.78, 5) is 0. The Morgan fingerprint density at radius 2 is 1.90 bits per heavy atom. The van der Waals surface area contributed by atoms with Crippen LogP contribution in [-0.2, 0) is 13.5 Å². The summed E-state index contributed by atoms with van der Waals surface area (Å²) in [6, 6.07) is 13.2. The number of fused-ring (bicyclic) bond motifs is 1. The second-order valence-corrected chi connectivity index (χ2v) is 5.74. The highest BCUT2D eigenvalue weighted by molar-refractivity contribution is 6.42. The molecule has 5 heteroatoms. The number of aliphatic hydroxyl groups excluding tert-OH is 1. The van der Waals surface area contributed by atoms with Gasteiger partial charge in [0.2, 0.25) is 0 Å². The molecule has 21 heavy (non-hydrogen) atoms. The highest BCUT2D eigenvalue weighted by Gasteiger charge is 2.18. The van der Waals surface area contributed by atoms with Gasteiger partial charge in [-0.25, -0.2) is 0 Å². The number of benzene rings is 2. The molecule has 2 aromatic carbocycles. The molecule has 0 aliphatic heterocycles. The van der Waals surface area contributed by atoms with Crippen LogP contribution in [0.4, 0.5) is 0 Å². The van der Waals surface area contributed by atoms with Gasteiger partial charge in [-0.3, -0.25) is 4.68 Å². The van der Waals surface area contributed by atoms with Gasteiger partial charge in [0, 0.05) is 18.9 Å². The van der Waals surface area contributed by atoms with Crippen molar-refractivity contribution in [1.29, 1.82) is 0 Å². The van der Waals surface area contributed by atoms with E-state index in [4.69, 9.17) is 23.2 Å². The average Bonchev–Trinajstić information content (AvgIpc) is 2.82. The van der Waals surface area contributed by atoms with Gasteiger partial charge in [-0.05, 0) is 17.7 Å². The molecule has 3 rings (SSSR count). The summed E-state index contributed by atoms with van der Waals surface area (Å²) >= 11 is 12.2. The van der Waals surface area contributed by atoms with Gasteiger partial charge in [0.1, 0.15) is 6.10 Å². The lowest BCUT2D eigenvalue weighted by molar-refractivity contribution is 0.174. The second kappa shape index (κ2) is 5.68. The van der Waals surface area contributed by atoms with Crippen LogP contribution in [0.25, 0.3) is 10.9 Å². The Hall–Kier alpha value is -1.55.